The van der Waals surface area contributed by atoms with Crippen molar-refractivity contribution in [3.8, 4) is 5.75 Å². The van der Waals surface area contributed by atoms with Crippen molar-refractivity contribution in [1.82, 2.24) is 5.06 Å². The largest absolute Gasteiger partial charge is 0.525 e. The highest BCUT2D eigenvalue weighted by Gasteiger charge is 2.51. The number of hydroxylamine groups is 2. The summed E-state index contributed by atoms with van der Waals surface area (Å²) >= 11 is 0. The first kappa shape index (κ1) is 17.9. The van der Waals surface area contributed by atoms with Gasteiger partial charge in [0.1, 0.15) is 5.75 Å². The Morgan fingerprint density at radius 3 is 2.23 bits per heavy atom. The number of hydrogen-bond donors (Lipinski definition) is 0. The van der Waals surface area contributed by atoms with Crippen LogP contribution in [0, 0.1) is 0 Å². The number of ether oxygens (including phenoxy) is 1. The van der Waals surface area contributed by atoms with E-state index >= 15 is 0 Å². The zero-order valence-corrected chi connectivity index (χ0v) is 13.4. The van der Waals surface area contributed by atoms with Crippen LogP contribution in [0.1, 0.15) is 20.7 Å². The van der Waals surface area contributed by atoms with Crippen molar-refractivity contribution in [2.24, 2.45) is 0 Å². The lowest BCUT2D eigenvalue weighted by molar-refractivity contribution is -0.0761. The summed E-state index contributed by atoms with van der Waals surface area (Å²) in [5.41, 5.74) is -6.24. The molecule has 0 spiro atoms. The average molecular weight is 387 g/mol. The summed E-state index contributed by atoms with van der Waals surface area (Å²) in [7, 11) is -6.21. The summed E-state index contributed by atoms with van der Waals surface area (Å²) in [5, 5.41) is -0.000402. The van der Waals surface area contributed by atoms with Crippen LogP contribution < -0.4 is 4.74 Å². The van der Waals surface area contributed by atoms with Gasteiger partial charge in [0.15, 0.2) is 0 Å². The molecule has 1 heterocycles. The van der Waals surface area contributed by atoms with Gasteiger partial charge in [-0.1, -0.05) is 18.7 Å². The summed E-state index contributed by atoms with van der Waals surface area (Å²) in [6.07, 6.45) is 1.11. The third-order valence-corrected chi connectivity index (χ3v) is 4.41. The Kier molecular flexibility index (Phi) is 4.00. The van der Waals surface area contributed by atoms with E-state index < -0.39 is 32.5 Å². The van der Waals surface area contributed by atoms with Crippen molar-refractivity contribution in [3.05, 3.63) is 54.3 Å². The Morgan fingerprint density at radius 1 is 1.04 bits per heavy atom. The fourth-order valence-corrected chi connectivity index (χ4v) is 2.86. The van der Waals surface area contributed by atoms with Crippen LogP contribution in [-0.2, 0) is 14.4 Å². The van der Waals surface area contributed by atoms with Crippen molar-refractivity contribution >= 4 is 32.7 Å². The molecule has 0 saturated heterocycles. The number of alkyl halides is 3. The molecule has 0 atom stereocenters. The summed E-state index contributed by atoms with van der Waals surface area (Å²) in [5.74, 6) is -2.45. The van der Waals surface area contributed by atoms with E-state index in [1.807, 2.05) is 0 Å². The number of benzene rings is 2. The van der Waals surface area contributed by atoms with Crippen molar-refractivity contribution < 1.29 is 40.2 Å². The normalized spacial score (nSPS) is 14.7. The van der Waals surface area contributed by atoms with Gasteiger partial charge in [-0.15, -0.1) is 9.35 Å². The summed E-state index contributed by atoms with van der Waals surface area (Å²) in [4.78, 5) is 24.7. The van der Waals surface area contributed by atoms with Gasteiger partial charge in [-0.2, -0.15) is 21.6 Å². The first-order valence-electron chi connectivity index (χ1n) is 6.81. The average Bonchev–Trinajstić information content (AvgIpc) is 2.56. The van der Waals surface area contributed by atoms with Crippen molar-refractivity contribution in [2.75, 3.05) is 0 Å². The van der Waals surface area contributed by atoms with Crippen molar-refractivity contribution in [1.29, 1.82) is 0 Å². The lowest BCUT2D eigenvalue weighted by Gasteiger charge is -2.26. The smallest absolute Gasteiger partial charge is 0.465 e. The number of carbonyl (C=O) groups is 2. The van der Waals surface area contributed by atoms with Crippen LogP contribution in [0.15, 0.2) is 43.2 Å². The Labute approximate surface area is 144 Å². The van der Waals surface area contributed by atoms with Gasteiger partial charge >= 0.3 is 15.6 Å². The number of hydrogen-bond acceptors (Lipinski definition) is 6. The summed E-state index contributed by atoms with van der Waals surface area (Å²) < 4.78 is 68.9. The van der Waals surface area contributed by atoms with Crippen LogP contribution in [0.4, 0.5) is 13.2 Å². The topological polar surface area (TPSA) is 90.0 Å². The molecule has 0 radical (unpaired) electrons. The predicted molar refractivity (Wildman–Crippen MR) is 81.3 cm³/mol. The minimum Gasteiger partial charge on any atom is -0.465 e. The maximum Gasteiger partial charge on any atom is 0.525 e. The van der Waals surface area contributed by atoms with E-state index in [1.165, 1.54) is 30.3 Å². The van der Waals surface area contributed by atoms with E-state index in [2.05, 4.69) is 10.9 Å². The number of halogens is 3. The maximum absolute atomic E-state index is 12.5. The third kappa shape index (κ3) is 2.61. The van der Waals surface area contributed by atoms with Gasteiger partial charge in [0.05, 0.1) is 17.4 Å². The van der Waals surface area contributed by atoms with E-state index in [0.29, 0.717) is 5.39 Å². The second-order valence-corrected chi connectivity index (χ2v) is 6.52. The van der Waals surface area contributed by atoms with Crippen molar-refractivity contribution in [2.45, 2.75) is 5.51 Å². The van der Waals surface area contributed by atoms with Gasteiger partial charge in [0, 0.05) is 10.8 Å². The second-order valence-electron chi connectivity index (χ2n) is 5.00. The fourth-order valence-electron chi connectivity index (χ4n) is 2.45. The van der Waals surface area contributed by atoms with Gasteiger partial charge in [-0.25, -0.2) is 0 Å². The zero-order chi connectivity index (χ0) is 19.3. The first-order chi connectivity index (χ1) is 12.1. The number of carbonyl (C=O) groups excluding carboxylic acids is 2. The van der Waals surface area contributed by atoms with Crippen LogP contribution >= 0.6 is 0 Å². The number of amides is 2. The van der Waals surface area contributed by atoms with Gasteiger partial charge in [0.2, 0.25) is 0 Å². The predicted octanol–water partition coefficient (Wildman–Crippen LogP) is 2.74. The molecule has 11 heteroatoms. The molecular weight excluding hydrogens is 379 g/mol. The molecule has 1 aliphatic heterocycles. The highest BCUT2D eigenvalue weighted by atomic mass is 32.2. The molecule has 3 rings (SSSR count). The molecule has 1 aliphatic rings. The number of nitrogens with zero attached hydrogens (tertiary/aromatic N) is 1. The molecule has 0 fully saturated rings. The lowest BCUT2D eigenvalue weighted by Crippen LogP contribution is -2.44. The molecule has 0 aromatic heterocycles. The highest BCUT2D eigenvalue weighted by Crippen LogP contribution is 2.36. The van der Waals surface area contributed by atoms with Gasteiger partial charge in [-0.3, -0.25) is 9.59 Å². The minimum absolute atomic E-state index is 0.103. The molecule has 0 unspecified atom stereocenters. The van der Waals surface area contributed by atoms with Crippen LogP contribution in [0.2, 0.25) is 0 Å². The number of rotatable bonds is 4. The molecule has 2 aromatic carbocycles. The van der Waals surface area contributed by atoms with Gasteiger partial charge in [-0.05, 0) is 18.2 Å². The number of imide groups is 1. The molecule has 0 N–H and O–H groups in total. The standard InChI is InChI=1S/C15H8F3NO6S/c1-2-24-11-7-6-10-12-8(11)4-3-5-9(12)13(20)19(14(10)21)25-26(22,23)15(16,17)18/h2-7H,1H2. The zero-order valence-electron chi connectivity index (χ0n) is 12.6. The molecule has 7 nitrogen and oxygen atoms in total. The van der Waals surface area contributed by atoms with E-state index in [1.54, 1.807) is 0 Å². The monoisotopic (exact) mass is 387 g/mol. The first-order valence-corrected chi connectivity index (χ1v) is 8.22. The quantitative estimate of drug-likeness (QED) is 0.455. The Morgan fingerprint density at radius 2 is 1.65 bits per heavy atom. The Bertz CT molecular complexity index is 1040. The van der Waals surface area contributed by atoms with E-state index in [4.69, 9.17) is 4.74 Å². The third-order valence-electron chi connectivity index (χ3n) is 3.50. The summed E-state index contributed by atoms with van der Waals surface area (Å²) in [6.45, 7) is 3.39. The molecule has 136 valence electrons. The Balaban J connectivity index is 2.17. The van der Waals surface area contributed by atoms with Crippen molar-refractivity contribution in [3.63, 3.8) is 0 Å². The van der Waals surface area contributed by atoms with Crippen LogP contribution in [0.3, 0.4) is 0 Å². The molecule has 0 aliphatic carbocycles. The van der Waals surface area contributed by atoms with E-state index in [0.717, 1.165) is 6.26 Å². The van der Waals surface area contributed by atoms with Crippen LogP contribution in [-0.4, -0.2) is 30.8 Å². The molecule has 2 aromatic rings. The van der Waals surface area contributed by atoms with E-state index in [9.17, 15) is 31.2 Å². The second kappa shape index (κ2) is 5.81. The van der Waals surface area contributed by atoms with E-state index in [-0.39, 0.29) is 22.3 Å². The van der Waals surface area contributed by atoms with Gasteiger partial charge in [0.25, 0.3) is 11.8 Å². The molecular formula is C15H8F3NO6S. The fraction of sp³-hybridized carbons (Fsp3) is 0.0667. The lowest BCUT2D eigenvalue weighted by atomic mass is 9.94. The maximum atomic E-state index is 12.5. The van der Waals surface area contributed by atoms with Gasteiger partial charge < -0.3 is 4.74 Å². The molecule has 0 saturated carbocycles. The summed E-state index contributed by atoms with van der Waals surface area (Å²) in [6, 6.07) is 6.63. The molecule has 0 bridgehead atoms. The SMILES string of the molecule is C=COc1ccc2c3c(cccc13)C(=O)N(OS(=O)(=O)C(F)(F)F)C2=O. The molecule has 2 amide bonds. The Hall–Kier alpha value is -2.92. The van der Waals surface area contributed by atoms with Crippen LogP contribution in [0.25, 0.3) is 10.8 Å². The molecule has 26 heavy (non-hydrogen) atoms. The highest BCUT2D eigenvalue weighted by molar-refractivity contribution is 7.87. The van der Waals surface area contributed by atoms with Crippen LogP contribution in [0.5, 0.6) is 5.75 Å². The minimum atomic E-state index is -6.21.